The summed E-state index contributed by atoms with van der Waals surface area (Å²) in [5, 5.41) is 17.6. The zero-order valence-electron chi connectivity index (χ0n) is 16.9. The van der Waals surface area contributed by atoms with Gasteiger partial charge in [-0.1, -0.05) is 29.7 Å². The number of aromatic nitrogens is 2. The molecule has 0 saturated carbocycles. The smallest absolute Gasteiger partial charge is 0.261 e. The van der Waals surface area contributed by atoms with Crippen LogP contribution in [-0.2, 0) is 7.05 Å². The Morgan fingerprint density at radius 2 is 1.57 bits per heavy atom. The van der Waals surface area contributed by atoms with Gasteiger partial charge in [-0.05, 0) is 24.3 Å². The van der Waals surface area contributed by atoms with Crippen molar-refractivity contribution in [2.45, 2.75) is 0 Å². The maximum absolute atomic E-state index is 12.7. The molecule has 0 atom stereocenters. The van der Waals surface area contributed by atoms with Gasteiger partial charge in [0.2, 0.25) is 0 Å². The van der Waals surface area contributed by atoms with Crippen LogP contribution in [0.25, 0.3) is 0 Å². The summed E-state index contributed by atoms with van der Waals surface area (Å²) in [5.41, 5.74) is 2.49. The molecule has 0 aliphatic heterocycles. The first-order valence-electron chi connectivity index (χ1n) is 9.13. The summed E-state index contributed by atoms with van der Waals surface area (Å²) in [6, 6.07) is 13.4. The minimum Gasteiger partial charge on any atom is -0.363 e. The lowest BCUT2D eigenvalue weighted by molar-refractivity contribution is 0.102. The number of amidine groups is 1. The summed E-state index contributed by atoms with van der Waals surface area (Å²) < 4.78 is 1.42. The first kappa shape index (κ1) is 20.8. The van der Waals surface area contributed by atoms with E-state index in [1.165, 1.54) is 10.9 Å². The molecule has 9 heteroatoms. The van der Waals surface area contributed by atoms with Crippen molar-refractivity contribution < 1.29 is 9.59 Å². The van der Waals surface area contributed by atoms with Gasteiger partial charge in [-0.15, -0.1) is 0 Å². The molecule has 2 amide bonds. The number of carbonyl (C=O) groups excluding carboxylic acids is 2. The third-order valence-corrected chi connectivity index (χ3v) is 4.45. The molecule has 0 unspecified atom stereocenters. The molecule has 0 aliphatic carbocycles. The van der Waals surface area contributed by atoms with Gasteiger partial charge in [0.05, 0.1) is 6.20 Å². The van der Waals surface area contributed by atoms with Crippen LogP contribution in [0.5, 0.6) is 0 Å². The third kappa shape index (κ3) is 4.57. The topological polar surface area (TPSA) is 103 Å². The largest absolute Gasteiger partial charge is 0.363 e. The number of rotatable bonds is 5. The molecule has 0 saturated heterocycles. The molecule has 0 bridgehead atoms. The number of amides is 2. The first-order valence-corrected chi connectivity index (χ1v) is 9.13. The number of hydrogen-bond acceptors (Lipinski definition) is 4. The molecule has 0 aliphatic rings. The second-order valence-corrected chi connectivity index (χ2v) is 6.88. The maximum atomic E-state index is 12.7. The van der Waals surface area contributed by atoms with Crippen LogP contribution in [-0.4, -0.2) is 54.3 Å². The van der Waals surface area contributed by atoms with Crippen LogP contribution in [0.1, 0.15) is 26.3 Å². The molecule has 3 N–H and O–H groups in total. The lowest BCUT2D eigenvalue weighted by Crippen LogP contribution is -2.22. The van der Waals surface area contributed by atoms with Gasteiger partial charge in [0.25, 0.3) is 11.8 Å². The van der Waals surface area contributed by atoms with E-state index in [0.29, 0.717) is 28.1 Å². The third-order valence-electron chi connectivity index (χ3n) is 4.45. The highest BCUT2D eigenvalue weighted by Gasteiger charge is 2.19. The molecule has 30 heavy (non-hydrogen) atoms. The van der Waals surface area contributed by atoms with Crippen LogP contribution in [0, 0.1) is 5.41 Å². The fraction of sp³-hybridized carbons (Fsp3) is 0.143. The van der Waals surface area contributed by atoms with Crippen molar-refractivity contribution in [3.8, 4) is 0 Å². The van der Waals surface area contributed by atoms with Crippen molar-refractivity contribution >= 4 is 42.5 Å². The molecule has 1 aromatic heterocycles. The van der Waals surface area contributed by atoms with Gasteiger partial charge in [0.15, 0.2) is 0 Å². The first-order chi connectivity index (χ1) is 14.3. The van der Waals surface area contributed by atoms with Gasteiger partial charge in [-0.25, -0.2) is 0 Å². The van der Waals surface area contributed by atoms with Crippen molar-refractivity contribution in [2.24, 2.45) is 7.05 Å². The van der Waals surface area contributed by atoms with Crippen LogP contribution in [0.15, 0.2) is 54.7 Å². The van der Waals surface area contributed by atoms with E-state index >= 15 is 0 Å². The summed E-state index contributed by atoms with van der Waals surface area (Å²) in [5.74, 6) is -0.172. The zero-order valence-corrected chi connectivity index (χ0v) is 16.9. The molecule has 8 nitrogen and oxygen atoms in total. The number of hydrogen-bond donors (Lipinski definition) is 3. The SMILES string of the molecule is [B]c1ccc(NC(=O)c2cnn(C)c2NC(=O)c2ccc(C(=N)N(C)C)cc2)cc1. The lowest BCUT2D eigenvalue weighted by Gasteiger charge is -2.14. The lowest BCUT2D eigenvalue weighted by atomic mass is 9.96. The van der Waals surface area contributed by atoms with E-state index < -0.39 is 5.91 Å². The Balaban J connectivity index is 1.76. The Morgan fingerprint density at radius 3 is 2.17 bits per heavy atom. The molecule has 150 valence electrons. The normalized spacial score (nSPS) is 10.4. The Hall–Kier alpha value is -3.88. The van der Waals surface area contributed by atoms with E-state index in [0.717, 1.165) is 0 Å². The number of nitrogens with one attached hydrogen (secondary N) is 3. The van der Waals surface area contributed by atoms with Crippen LogP contribution < -0.4 is 16.1 Å². The monoisotopic (exact) mass is 400 g/mol. The molecule has 2 radical (unpaired) electrons. The molecule has 0 spiro atoms. The van der Waals surface area contributed by atoms with Gasteiger partial charge in [-0.2, -0.15) is 5.10 Å². The maximum Gasteiger partial charge on any atom is 0.261 e. The Labute approximate surface area is 175 Å². The number of aryl methyl sites for hydroxylation is 1. The summed E-state index contributed by atoms with van der Waals surface area (Å²) >= 11 is 0. The minimum atomic E-state index is -0.405. The van der Waals surface area contributed by atoms with Gasteiger partial charge in [-0.3, -0.25) is 19.7 Å². The van der Waals surface area contributed by atoms with E-state index in [-0.39, 0.29) is 17.3 Å². The van der Waals surface area contributed by atoms with Crippen molar-refractivity contribution in [2.75, 3.05) is 24.7 Å². The molecular weight excluding hydrogens is 379 g/mol. The second-order valence-electron chi connectivity index (χ2n) is 6.88. The number of carbonyl (C=O) groups is 2. The highest BCUT2D eigenvalue weighted by molar-refractivity contribution is 6.32. The van der Waals surface area contributed by atoms with Crippen LogP contribution in [0.4, 0.5) is 11.5 Å². The van der Waals surface area contributed by atoms with E-state index in [1.807, 2.05) is 0 Å². The number of anilines is 2. The van der Waals surface area contributed by atoms with E-state index in [2.05, 4.69) is 15.7 Å². The van der Waals surface area contributed by atoms with Gasteiger partial charge in [0.1, 0.15) is 25.1 Å². The fourth-order valence-corrected chi connectivity index (χ4v) is 2.73. The average Bonchev–Trinajstić information content (AvgIpc) is 3.09. The molecule has 2 aromatic carbocycles. The standard InChI is InChI=1S/C21H21BN6O2/c1-27(2)18(23)13-4-6-14(7-5-13)20(29)26-19-17(12-24-28(19)3)21(30)25-16-10-8-15(22)9-11-16/h4-12,23H,1-3H3,(H,25,30)(H,26,29). The Morgan fingerprint density at radius 1 is 0.967 bits per heavy atom. The van der Waals surface area contributed by atoms with E-state index in [1.54, 1.807) is 74.6 Å². The summed E-state index contributed by atoms with van der Waals surface area (Å²) in [6.45, 7) is 0. The summed E-state index contributed by atoms with van der Waals surface area (Å²) in [6.07, 6.45) is 1.39. The number of nitrogens with zero attached hydrogens (tertiary/aromatic N) is 3. The molecular formula is C21H21BN6O2. The Kier molecular flexibility index (Phi) is 6.01. The highest BCUT2D eigenvalue weighted by Crippen LogP contribution is 2.18. The summed E-state index contributed by atoms with van der Waals surface area (Å²) in [4.78, 5) is 27.0. The quantitative estimate of drug-likeness (QED) is 0.344. The van der Waals surface area contributed by atoms with Crippen LogP contribution in [0.3, 0.4) is 0 Å². The van der Waals surface area contributed by atoms with Crippen LogP contribution in [0.2, 0.25) is 0 Å². The van der Waals surface area contributed by atoms with E-state index in [9.17, 15) is 9.59 Å². The average molecular weight is 400 g/mol. The van der Waals surface area contributed by atoms with Crippen molar-refractivity contribution in [1.82, 2.24) is 14.7 Å². The Bertz CT molecular complexity index is 1090. The predicted molar refractivity (Wildman–Crippen MR) is 118 cm³/mol. The van der Waals surface area contributed by atoms with Crippen molar-refractivity contribution in [3.05, 3.63) is 71.4 Å². The van der Waals surface area contributed by atoms with Crippen LogP contribution >= 0.6 is 0 Å². The van der Waals surface area contributed by atoms with Gasteiger partial charge < -0.3 is 15.5 Å². The predicted octanol–water partition coefficient (Wildman–Crippen LogP) is 1.61. The number of benzene rings is 2. The summed E-state index contributed by atoms with van der Waals surface area (Å²) in [7, 11) is 10.9. The fourth-order valence-electron chi connectivity index (χ4n) is 2.73. The van der Waals surface area contributed by atoms with Gasteiger partial charge in [0, 0.05) is 38.0 Å². The highest BCUT2D eigenvalue weighted by atomic mass is 16.2. The molecule has 3 rings (SSSR count). The zero-order chi connectivity index (χ0) is 21.8. The van der Waals surface area contributed by atoms with Gasteiger partial charge >= 0.3 is 0 Å². The molecule has 0 fully saturated rings. The van der Waals surface area contributed by atoms with Crippen molar-refractivity contribution in [1.29, 1.82) is 5.41 Å². The van der Waals surface area contributed by atoms with E-state index in [4.69, 9.17) is 13.3 Å². The second kappa shape index (κ2) is 8.65. The minimum absolute atomic E-state index is 0.230. The molecule has 1 heterocycles. The van der Waals surface area contributed by atoms with Crippen molar-refractivity contribution in [3.63, 3.8) is 0 Å². The molecule has 3 aromatic rings.